The third-order valence-electron chi connectivity index (χ3n) is 5.58. The lowest BCUT2D eigenvalue weighted by atomic mass is 10.2. The second kappa shape index (κ2) is 10.2. The number of aromatic nitrogens is 1. The van der Waals surface area contributed by atoms with E-state index >= 15 is 0 Å². The quantitative estimate of drug-likeness (QED) is 0.210. The van der Waals surface area contributed by atoms with Gasteiger partial charge >= 0.3 is 0 Å². The maximum Gasteiger partial charge on any atom is 0.271 e. The Morgan fingerprint density at radius 3 is 2.43 bits per heavy atom. The Labute approximate surface area is 226 Å². The number of aliphatic imine (C=N–C) groups is 1. The van der Waals surface area contributed by atoms with Crippen molar-refractivity contribution in [2.45, 2.75) is 0 Å². The minimum absolute atomic E-state index is 0.171. The maximum absolute atomic E-state index is 13.5. The first-order valence-electron chi connectivity index (χ1n) is 11.4. The summed E-state index contributed by atoms with van der Waals surface area (Å²) < 4.78 is 6.01. The van der Waals surface area contributed by atoms with Gasteiger partial charge in [-0.1, -0.05) is 72.3 Å². The molecule has 0 saturated carbocycles. The molecule has 0 N–H and O–H groups in total. The molecule has 2 aromatic heterocycles. The third kappa shape index (κ3) is 5.02. The number of nitrogens with zero attached hydrogens (tertiary/aromatic N) is 3. The van der Waals surface area contributed by atoms with Crippen LogP contribution in [0.1, 0.15) is 5.76 Å². The molecule has 1 aliphatic rings. The largest absolute Gasteiger partial charge is 0.457 e. The number of para-hydroxylation sites is 1. The van der Waals surface area contributed by atoms with Gasteiger partial charge in [-0.25, -0.2) is 4.98 Å². The van der Waals surface area contributed by atoms with Gasteiger partial charge in [-0.2, -0.15) is 4.99 Å². The molecule has 0 aliphatic carbocycles. The number of amides is 1. The zero-order chi connectivity index (χ0) is 25.2. The first kappa shape index (κ1) is 23.5. The zero-order valence-corrected chi connectivity index (χ0v) is 21.6. The van der Waals surface area contributed by atoms with Crippen LogP contribution in [0.5, 0.6) is 0 Å². The Hall–Kier alpha value is -3.91. The molecule has 0 radical (unpaired) electrons. The van der Waals surface area contributed by atoms with Crippen molar-refractivity contribution in [3.8, 4) is 22.6 Å². The Balaban J connectivity index is 1.34. The molecule has 1 aliphatic heterocycles. The van der Waals surface area contributed by atoms with Crippen molar-refractivity contribution in [2.75, 3.05) is 4.90 Å². The second-order valence-electron chi connectivity index (χ2n) is 8.07. The number of rotatable bonds is 5. The van der Waals surface area contributed by atoms with Crippen LogP contribution >= 0.6 is 34.7 Å². The van der Waals surface area contributed by atoms with Crippen molar-refractivity contribution in [3.63, 3.8) is 0 Å². The van der Waals surface area contributed by atoms with E-state index in [2.05, 4.69) is 4.98 Å². The lowest BCUT2D eigenvalue weighted by molar-refractivity contribution is -0.113. The van der Waals surface area contributed by atoms with Crippen LogP contribution in [-0.4, -0.2) is 16.1 Å². The highest BCUT2D eigenvalue weighted by atomic mass is 35.5. The lowest BCUT2D eigenvalue weighted by Crippen LogP contribution is -2.28. The van der Waals surface area contributed by atoms with E-state index in [1.807, 2.05) is 102 Å². The zero-order valence-electron chi connectivity index (χ0n) is 19.2. The van der Waals surface area contributed by atoms with Gasteiger partial charge in [0.1, 0.15) is 11.5 Å². The van der Waals surface area contributed by atoms with Gasteiger partial charge in [0.15, 0.2) is 5.17 Å². The van der Waals surface area contributed by atoms with E-state index in [4.69, 9.17) is 21.0 Å². The van der Waals surface area contributed by atoms with Crippen LogP contribution in [0.2, 0.25) is 5.02 Å². The second-order valence-corrected chi connectivity index (χ2v) is 10.4. The predicted molar refractivity (Wildman–Crippen MR) is 153 cm³/mol. The fourth-order valence-electron chi connectivity index (χ4n) is 3.85. The molecule has 1 amide bonds. The number of hydrogen-bond donors (Lipinski definition) is 0. The van der Waals surface area contributed by atoms with Crippen molar-refractivity contribution in [2.24, 2.45) is 4.99 Å². The summed E-state index contributed by atoms with van der Waals surface area (Å²) in [6.45, 7) is 0. The number of thiazole rings is 1. The fourth-order valence-corrected chi connectivity index (χ4v) is 5.76. The molecule has 5 aromatic rings. The Bertz CT molecular complexity index is 1640. The molecule has 6 rings (SSSR count). The monoisotopic (exact) mass is 539 g/mol. The highest BCUT2D eigenvalue weighted by Crippen LogP contribution is 2.39. The van der Waals surface area contributed by atoms with E-state index < -0.39 is 0 Å². The summed E-state index contributed by atoms with van der Waals surface area (Å²) in [4.78, 5) is 25.1. The van der Waals surface area contributed by atoms with Gasteiger partial charge in [-0.3, -0.25) is 9.69 Å². The summed E-state index contributed by atoms with van der Waals surface area (Å²) in [6.07, 6.45) is 1.75. The molecule has 8 heteroatoms. The number of anilines is 1. The average Bonchev–Trinajstić information content (AvgIpc) is 3.66. The van der Waals surface area contributed by atoms with Crippen molar-refractivity contribution in [3.05, 3.63) is 118 Å². The molecular weight excluding hydrogens is 522 g/mol. The van der Waals surface area contributed by atoms with Crippen LogP contribution in [-0.2, 0) is 4.79 Å². The van der Waals surface area contributed by atoms with Gasteiger partial charge in [0, 0.05) is 27.6 Å². The van der Waals surface area contributed by atoms with E-state index in [1.165, 1.54) is 23.1 Å². The van der Waals surface area contributed by atoms with Crippen LogP contribution < -0.4 is 4.90 Å². The molecule has 0 bridgehead atoms. The Morgan fingerprint density at radius 2 is 1.65 bits per heavy atom. The summed E-state index contributed by atoms with van der Waals surface area (Å²) in [5, 5.41) is 3.72. The molecule has 0 spiro atoms. The van der Waals surface area contributed by atoms with Crippen LogP contribution in [0.3, 0.4) is 0 Å². The van der Waals surface area contributed by atoms with Crippen LogP contribution in [0.25, 0.3) is 28.7 Å². The molecule has 5 nitrogen and oxygen atoms in total. The molecule has 3 aromatic carbocycles. The van der Waals surface area contributed by atoms with E-state index in [-0.39, 0.29) is 5.91 Å². The number of hydrogen-bond acceptors (Lipinski definition) is 6. The van der Waals surface area contributed by atoms with Gasteiger partial charge in [0.05, 0.1) is 16.3 Å². The molecule has 1 saturated heterocycles. The number of carbonyl (C=O) groups excluding carboxylic acids is 1. The van der Waals surface area contributed by atoms with Crippen LogP contribution in [0.4, 0.5) is 10.8 Å². The van der Waals surface area contributed by atoms with Gasteiger partial charge in [0.2, 0.25) is 5.13 Å². The summed E-state index contributed by atoms with van der Waals surface area (Å²) in [6, 6.07) is 30.6. The smallest absolute Gasteiger partial charge is 0.271 e. The number of carbonyl (C=O) groups is 1. The van der Waals surface area contributed by atoms with Crippen LogP contribution in [0.15, 0.2) is 117 Å². The van der Waals surface area contributed by atoms with Gasteiger partial charge in [-0.15, -0.1) is 11.3 Å². The summed E-state index contributed by atoms with van der Waals surface area (Å²) in [7, 11) is 0. The standard InChI is InChI=1S/C29H18ClN3O2S2/c30-21-11-7-10-20(16-21)25-15-14-23(35-25)17-26-27(34)33(22-12-5-2-6-13-22)29(37-26)32-28-31-24(18-36-28)19-8-3-1-4-9-19/h1-18H/b26-17+,32-29+. The first-order chi connectivity index (χ1) is 18.1. The van der Waals surface area contributed by atoms with Crippen molar-refractivity contribution in [1.29, 1.82) is 0 Å². The SMILES string of the molecule is O=C1/C(=C\c2ccc(-c3cccc(Cl)c3)o2)S/C(=N/c2nc(-c3ccccc3)cs2)N1c1ccccc1. The fraction of sp³-hybridized carbons (Fsp3) is 0. The highest BCUT2D eigenvalue weighted by molar-refractivity contribution is 8.19. The van der Waals surface area contributed by atoms with Crippen molar-refractivity contribution in [1.82, 2.24) is 4.98 Å². The van der Waals surface area contributed by atoms with Crippen molar-refractivity contribution >= 4 is 62.7 Å². The van der Waals surface area contributed by atoms with Gasteiger partial charge < -0.3 is 4.42 Å². The molecular formula is C29H18ClN3O2S2. The average molecular weight is 540 g/mol. The third-order valence-corrected chi connectivity index (χ3v) is 7.52. The molecule has 37 heavy (non-hydrogen) atoms. The predicted octanol–water partition coefficient (Wildman–Crippen LogP) is 8.53. The molecule has 0 unspecified atom stereocenters. The minimum Gasteiger partial charge on any atom is -0.457 e. The molecule has 0 atom stereocenters. The van der Waals surface area contributed by atoms with E-state index in [0.717, 1.165) is 22.5 Å². The van der Waals surface area contributed by atoms with Crippen LogP contribution in [0, 0.1) is 0 Å². The van der Waals surface area contributed by atoms with Crippen molar-refractivity contribution < 1.29 is 9.21 Å². The van der Waals surface area contributed by atoms with E-state index in [9.17, 15) is 4.79 Å². The number of halogens is 1. The van der Waals surface area contributed by atoms with Gasteiger partial charge in [-0.05, 0) is 48.2 Å². The molecule has 180 valence electrons. The first-order valence-corrected chi connectivity index (χ1v) is 13.5. The number of amidine groups is 1. The maximum atomic E-state index is 13.5. The van der Waals surface area contributed by atoms with E-state index in [0.29, 0.717) is 31.7 Å². The topological polar surface area (TPSA) is 58.7 Å². The number of thioether (sulfide) groups is 1. The minimum atomic E-state index is -0.171. The molecule has 1 fully saturated rings. The normalized spacial score (nSPS) is 15.7. The summed E-state index contributed by atoms with van der Waals surface area (Å²) in [5.74, 6) is 1.08. The van der Waals surface area contributed by atoms with Gasteiger partial charge in [0.25, 0.3) is 5.91 Å². The Kier molecular flexibility index (Phi) is 6.49. The summed E-state index contributed by atoms with van der Waals surface area (Å²) in [5.41, 5.74) is 3.48. The number of benzene rings is 3. The number of furan rings is 1. The highest BCUT2D eigenvalue weighted by Gasteiger charge is 2.35. The Morgan fingerprint density at radius 1 is 0.892 bits per heavy atom. The molecule has 3 heterocycles. The van der Waals surface area contributed by atoms with E-state index in [1.54, 1.807) is 11.0 Å². The summed E-state index contributed by atoms with van der Waals surface area (Å²) >= 11 is 8.86. The lowest BCUT2D eigenvalue weighted by Gasteiger charge is -2.14.